The molecule has 0 aliphatic carbocycles. The van der Waals surface area contributed by atoms with Gasteiger partial charge in [-0.2, -0.15) is 11.8 Å². The van der Waals surface area contributed by atoms with Crippen molar-refractivity contribution >= 4 is 17.7 Å². The topological polar surface area (TPSA) is 46.5 Å². The largest absolute Gasteiger partial charge is 0.493 e. The molecule has 0 aromatic heterocycles. The molecule has 1 aliphatic heterocycles. The summed E-state index contributed by atoms with van der Waals surface area (Å²) < 4.78 is 5.59. The zero-order chi connectivity index (χ0) is 12.3. The summed E-state index contributed by atoms with van der Waals surface area (Å²) in [5, 5.41) is 8.79. The highest BCUT2D eigenvalue weighted by Gasteiger charge is 2.23. The molecule has 1 aromatic rings. The summed E-state index contributed by atoms with van der Waals surface area (Å²) in [5.41, 5.74) is 1.25. The summed E-state index contributed by atoms with van der Waals surface area (Å²) in [6, 6.07) is 8.07. The summed E-state index contributed by atoms with van der Waals surface area (Å²) in [6.45, 7) is 2.46. The summed E-state index contributed by atoms with van der Waals surface area (Å²) in [7, 11) is 0. The van der Waals surface area contributed by atoms with Crippen LogP contribution in [-0.4, -0.2) is 29.2 Å². The van der Waals surface area contributed by atoms with Crippen molar-refractivity contribution in [1.29, 1.82) is 0 Å². The third-order valence-corrected chi connectivity index (χ3v) is 4.28. The number of aliphatic carboxylic acids is 1. The van der Waals surface area contributed by atoms with Gasteiger partial charge in [0.1, 0.15) is 5.75 Å². The van der Waals surface area contributed by atoms with Gasteiger partial charge in [-0.1, -0.05) is 25.1 Å². The Balaban J connectivity index is 1.84. The number of para-hydroxylation sites is 1. The Kier molecular flexibility index (Phi) is 3.94. The number of carboxylic acids is 1. The number of hydrogen-bond acceptors (Lipinski definition) is 3. The second-order valence-corrected chi connectivity index (χ2v) is 5.40. The highest BCUT2D eigenvalue weighted by molar-refractivity contribution is 7.99. The minimum atomic E-state index is -0.722. The lowest BCUT2D eigenvalue weighted by atomic mass is 10.0. The first kappa shape index (κ1) is 12.3. The molecule has 0 spiro atoms. The van der Waals surface area contributed by atoms with E-state index in [-0.39, 0.29) is 5.92 Å². The zero-order valence-electron chi connectivity index (χ0n) is 9.76. The molecule has 17 heavy (non-hydrogen) atoms. The van der Waals surface area contributed by atoms with Gasteiger partial charge in [-0.05, 0) is 6.07 Å². The van der Waals surface area contributed by atoms with E-state index in [1.807, 2.05) is 18.2 Å². The third kappa shape index (κ3) is 2.94. The van der Waals surface area contributed by atoms with Crippen LogP contribution in [-0.2, 0) is 4.79 Å². The lowest BCUT2D eigenvalue weighted by Gasteiger charge is -2.10. The van der Waals surface area contributed by atoms with Crippen molar-refractivity contribution in [2.75, 3.05) is 18.1 Å². The summed E-state index contributed by atoms with van der Waals surface area (Å²) >= 11 is 1.69. The Bertz CT molecular complexity index is 405. The molecule has 0 saturated carbocycles. The third-order valence-electron chi connectivity index (χ3n) is 2.91. The van der Waals surface area contributed by atoms with Crippen molar-refractivity contribution < 1.29 is 14.6 Å². The molecule has 2 unspecified atom stereocenters. The SMILES string of the molecule is CC(CSCC1COc2ccccc21)C(=O)O. The Morgan fingerprint density at radius 3 is 3.12 bits per heavy atom. The predicted octanol–water partition coefficient (Wildman–Crippen LogP) is 2.62. The number of thioether (sulfide) groups is 1. The number of fused-ring (bicyclic) bond motifs is 1. The van der Waals surface area contributed by atoms with Crippen molar-refractivity contribution in [2.24, 2.45) is 5.92 Å². The van der Waals surface area contributed by atoms with Crippen LogP contribution in [0.2, 0.25) is 0 Å². The summed E-state index contributed by atoms with van der Waals surface area (Å²) in [6.07, 6.45) is 0. The maximum atomic E-state index is 10.7. The fourth-order valence-corrected chi connectivity index (χ4v) is 3.02. The molecule has 4 heteroatoms. The van der Waals surface area contributed by atoms with Crippen LogP contribution in [0.3, 0.4) is 0 Å². The molecular weight excluding hydrogens is 236 g/mol. The van der Waals surface area contributed by atoms with Gasteiger partial charge in [0.05, 0.1) is 12.5 Å². The average molecular weight is 252 g/mol. The Labute approximate surface area is 105 Å². The fourth-order valence-electron chi connectivity index (χ4n) is 1.83. The normalized spacial score (nSPS) is 19.5. The van der Waals surface area contributed by atoms with E-state index in [4.69, 9.17) is 9.84 Å². The molecule has 0 radical (unpaired) electrons. The molecule has 1 heterocycles. The minimum Gasteiger partial charge on any atom is -0.493 e. The van der Waals surface area contributed by atoms with Crippen LogP contribution in [0.4, 0.5) is 0 Å². The van der Waals surface area contributed by atoms with Crippen LogP contribution >= 0.6 is 11.8 Å². The van der Waals surface area contributed by atoms with E-state index in [1.54, 1.807) is 18.7 Å². The second kappa shape index (κ2) is 5.45. The number of benzene rings is 1. The van der Waals surface area contributed by atoms with Gasteiger partial charge in [0.2, 0.25) is 0 Å². The zero-order valence-corrected chi connectivity index (χ0v) is 10.6. The lowest BCUT2D eigenvalue weighted by Crippen LogP contribution is -2.13. The standard InChI is InChI=1S/C13H16O3S/c1-9(13(14)15)7-17-8-10-6-16-12-5-3-2-4-11(10)12/h2-5,9-10H,6-8H2,1H3,(H,14,15). The van der Waals surface area contributed by atoms with Crippen molar-refractivity contribution in [1.82, 2.24) is 0 Å². The van der Waals surface area contributed by atoms with E-state index < -0.39 is 5.97 Å². The van der Waals surface area contributed by atoms with Crippen LogP contribution in [0.25, 0.3) is 0 Å². The van der Waals surface area contributed by atoms with Gasteiger partial charge in [-0.25, -0.2) is 0 Å². The lowest BCUT2D eigenvalue weighted by molar-refractivity contribution is -0.140. The number of carboxylic acid groups (broad SMARTS) is 1. The van der Waals surface area contributed by atoms with Crippen molar-refractivity contribution in [3.05, 3.63) is 29.8 Å². The van der Waals surface area contributed by atoms with Gasteiger partial charge in [0.15, 0.2) is 0 Å². The number of rotatable bonds is 5. The van der Waals surface area contributed by atoms with Crippen LogP contribution in [0.15, 0.2) is 24.3 Å². The maximum absolute atomic E-state index is 10.7. The van der Waals surface area contributed by atoms with Gasteiger partial charge >= 0.3 is 5.97 Å². The van der Waals surface area contributed by atoms with Gasteiger partial charge in [0, 0.05) is 23.0 Å². The van der Waals surface area contributed by atoms with Crippen LogP contribution in [0, 0.1) is 5.92 Å². The van der Waals surface area contributed by atoms with E-state index in [1.165, 1.54) is 5.56 Å². The number of carbonyl (C=O) groups is 1. The highest BCUT2D eigenvalue weighted by atomic mass is 32.2. The van der Waals surface area contributed by atoms with Crippen LogP contribution in [0.5, 0.6) is 5.75 Å². The summed E-state index contributed by atoms with van der Waals surface area (Å²) in [5.74, 6) is 1.96. The van der Waals surface area contributed by atoms with E-state index in [0.29, 0.717) is 18.3 Å². The highest BCUT2D eigenvalue weighted by Crippen LogP contribution is 2.35. The van der Waals surface area contributed by atoms with Crippen LogP contribution in [0.1, 0.15) is 18.4 Å². The minimum absolute atomic E-state index is 0.280. The maximum Gasteiger partial charge on any atom is 0.307 e. The molecule has 0 fully saturated rings. The number of hydrogen-bond donors (Lipinski definition) is 1. The molecule has 2 atom stereocenters. The predicted molar refractivity (Wildman–Crippen MR) is 68.8 cm³/mol. The molecule has 0 bridgehead atoms. The fraction of sp³-hybridized carbons (Fsp3) is 0.462. The van der Waals surface area contributed by atoms with Gasteiger partial charge in [0.25, 0.3) is 0 Å². The molecule has 92 valence electrons. The van der Waals surface area contributed by atoms with E-state index >= 15 is 0 Å². The molecule has 1 aliphatic rings. The second-order valence-electron chi connectivity index (χ2n) is 4.32. The molecule has 0 saturated heterocycles. The molecule has 0 amide bonds. The first-order valence-corrected chi connectivity index (χ1v) is 6.86. The Morgan fingerprint density at radius 1 is 1.59 bits per heavy atom. The van der Waals surface area contributed by atoms with Gasteiger partial charge < -0.3 is 9.84 Å². The van der Waals surface area contributed by atoms with Gasteiger partial charge in [-0.15, -0.1) is 0 Å². The van der Waals surface area contributed by atoms with Gasteiger partial charge in [-0.3, -0.25) is 4.79 Å². The molecule has 2 rings (SSSR count). The van der Waals surface area contributed by atoms with Crippen molar-refractivity contribution in [3.8, 4) is 5.75 Å². The smallest absolute Gasteiger partial charge is 0.307 e. The van der Waals surface area contributed by atoms with Crippen LogP contribution < -0.4 is 4.74 Å². The first-order valence-electron chi connectivity index (χ1n) is 5.70. The van der Waals surface area contributed by atoms with Crippen molar-refractivity contribution in [2.45, 2.75) is 12.8 Å². The molecule has 1 N–H and O–H groups in total. The quantitative estimate of drug-likeness (QED) is 0.875. The van der Waals surface area contributed by atoms with Crippen molar-refractivity contribution in [3.63, 3.8) is 0 Å². The number of ether oxygens (including phenoxy) is 1. The monoisotopic (exact) mass is 252 g/mol. The first-order chi connectivity index (χ1) is 8.18. The Morgan fingerprint density at radius 2 is 2.35 bits per heavy atom. The molecule has 3 nitrogen and oxygen atoms in total. The van der Waals surface area contributed by atoms with E-state index in [2.05, 4.69) is 6.07 Å². The average Bonchev–Trinajstić information content (AvgIpc) is 2.72. The molecular formula is C13H16O3S. The Hall–Kier alpha value is -1.16. The molecule has 1 aromatic carbocycles. The summed E-state index contributed by atoms with van der Waals surface area (Å²) in [4.78, 5) is 10.7. The van der Waals surface area contributed by atoms with E-state index in [9.17, 15) is 4.79 Å². The van der Waals surface area contributed by atoms with E-state index in [0.717, 1.165) is 11.5 Å².